The molecule has 0 spiro atoms. The van der Waals surface area contributed by atoms with Gasteiger partial charge in [0.2, 0.25) is 5.16 Å². The monoisotopic (exact) mass is 242 g/mol. The van der Waals surface area contributed by atoms with Crippen molar-refractivity contribution in [2.24, 2.45) is 0 Å². The molecular formula is C9H8F2N4S. The fraction of sp³-hybridized carbons (Fsp3) is 0.111. The van der Waals surface area contributed by atoms with Crippen molar-refractivity contribution >= 4 is 17.4 Å². The minimum absolute atomic E-state index is 0.103. The highest BCUT2D eigenvalue weighted by Gasteiger charge is 2.11. The summed E-state index contributed by atoms with van der Waals surface area (Å²) in [5.41, 5.74) is 5.37. The van der Waals surface area contributed by atoms with Crippen LogP contribution in [0.5, 0.6) is 0 Å². The smallest absolute Gasteiger partial charge is 0.213 e. The van der Waals surface area contributed by atoms with Gasteiger partial charge in [0.25, 0.3) is 0 Å². The summed E-state index contributed by atoms with van der Waals surface area (Å²) in [7, 11) is 0. The zero-order chi connectivity index (χ0) is 11.7. The normalized spacial score (nSPS) is 10.7. The number of aromatic nitrogens is 3. The Labute approximate surface area is 94.3 Å². The van der Waals surface area contributed by atoms with Gasteiger partial charge in [0.05, 0.1) is 5.69 Å². The van der Waals surface area contributed by atoms with E-state index in [-0.39, 0.29) is 10.6 Å². The zero-order valence-corrected chi connectivity index (χ0v) is 9.11. The molecule has 0 bridgehead atoms. The zero-order valence-electron chi connectivity index (χ0n) is 8.29. The molecule has 1 aromatic carbocycles. The van der Waals surface area contributed by atoms with Crippen molar-refractivity contribution in [2.75, 3.05) is 5.73 Å². The average Bonchev–Trinajstić information content (AvgIpc) is 2.60. The van der Waals surface area contributed by atoms with Crippen LogP contribution >= 0.6 is 11.8 Å². The molecule has 1 heterocycles. The van der Waals surface area contributed by atoms with Crippen molar-refractivity contribution in [1.82, 2.24) is 15.2 Å². The van der Waals surface area contributed by atoms with Crippen molar-refractivity contribution in [2.45, 2.75) is 17.0 Å². The van der Waals surface area contributed by atoms with Gasteiger partial charge in [0, 0.05) is 11.0 Å². The first-order chi connectivity index (χ1) is 7.56. The molecule has 0 saturated heterocycles. The average molecular weight is 242 g/mol. The van der Waals surface area contributed by atoms with Gasteiger partial charge in [0.1, 0.15) is 17.5 Å². The van der Waals surface area contributed by atoms with Crippen LogP contribution in [0.3, 0.4) is 0 Å². The Kier molecular flexibility index (Phi) is 2.78. The van der Waals surface area contributed by atoms with Crippen molar-refractivity contribution in [3.63, 3.8) is 0 Å². The highest BCUT2D eigenvalue weighted by atomic mass is 32.2. The molecule has 2 aromatic rings. The third-order valence-corrected chi connectivity index (χ3v) is 2.76. The predicted octanol–water partition coefficient (Wildman–Crippen LogP) is 2.12. The number of nitrogens with zero attached hydrogens (tertiary/aromatic N) is 2. The number of nitrogen functional groups attached to an aromatic ring is 1. The lowest BCUT2D eigenvalue weighted by Gasteiger charge is -2.03. The largest absolute Gasteiger partial charge is 0.395 e. The molecule has 0 fully saturated rings. The van der Waals surface area contributed by atoms with Gasteiger partial charge in [-0.05, 0) is 24.8 Å². The van der Waals surface area contributed by atoms with Crippen molar-refractivity contribution in [1.29, 1.82) is 0 Å². The number of nitrogens with one attached hydrogen (secondary N) is 1. The highest BCUT2D eigenvalue weighted by Crippen LogP contribution is 2.31. The van der Waals surface area contributed by atoms with E-state index in [1.165, 1.54) is 0 Å². The minimum atomic E-state index is -0.783. The van der Waals surface area contributed by atoms with E-state index in [0.717, 1.165) is 23.9 Å². The summed E-state index contributed by atoms with van der Waals surface area (Å²) in [4.78, 5) is 4.26. The van der Waals surface area contributed by atoms with Gasteiger partial charge in [-0.1, -0.05) is 0 Å². The third-order valence-electron chi connectivity index (χ3n) is 1.83. The van der Waals surface area contributed by atoms with E-state index in [2.05, 4.69) is 15.2 Å². The molecule has 0 aliphatic rings. The lowest BCUT2D eigenvalue weighted by molar-refractivity contribution is 0.581. The van der Waals surface area contributed by atoms with E-state index in [9.17, 15) is 8.78 Å². The quantitative estimate of drug-likeness (QED) is 0.791. The number of aryl methyl sites for hydroxylation is 1. The van der Waals surface area contributed by atoms with E-state index in [4.69, 9.17) is 5.73 Å². The standard InChI is InChI=1S/C9H8F2N4S/c1-4-13-9(15-14-4)16-7-3-5(10)2-6(11)8(7)12/h2-3H,12H2,1H3,(H,13,14,15). The summed E-state index contributed by atoms with van der Waals surface area (Å²) in [6, 6.07) is 1.89. The number of hydrogen-bond acceptors (Lipinski definition) is 4. The first-order valence-electron chi connectivity index (χ1n) is 4.37. The van der Waals surface area contributed by atoms with Crippen LogP contribution in [0.15, 0.2) is 22.2 Å². The number of anilines is 1. The van der Waals surface area contributed by atoms with Crippen molar-refractivity contribution in [3.8, 4) is 0 Å². The third kappa shape index (κ3) is 2.13. The molecule has 2 rings (SSSR count). The van der Waals surface area contributed by atoms with Crippen LogP contribution in [0.4, 0.5) is 14.5 Å². The van der Waals surface area contributed by atoms with E-state index in [0.29, 0.717) is 11.0 Å². The molecule has 7 heteroatoms. The first kappa shape index (κ1) is 10.9. The molecule has 0 saturated carbocycles. The van der Waals surface area contributed by atoms with Crippen molar-refractivity contribution < 1.29 is 8.78 Å². The number of benzene rings is 1. The van der Waals surface area contributed by atoms with E-state index < -0.39 is 11.6 Å². The van der Waals surface area contributed by atoms with Crippen molar-refractivity contribution in [3.05, 3.63) is 29.6 Å². The number of rotatable bonds is 2. The van der Waals surface area contributed by atoms with Gasteiger partial charge in [-0.3, -0.25) is 5.10 Å². The fourth-order valence-corrected chi connectivity index (χ4v) is 1.96. The summed E-state index contributed by atoms with van der Waals surface area (Å²) in [6.07, 6.45) is 0. The van der Waals surface area contributed by atoms with Gasteiger partial charge in [-0.25, -0.2) is 13.8 Å². The van der Waals surface area contributed by atoms with Gasteiger partial charge >= 0.3 is 0 Å². The van der Waals surface area contributed by atoms with E-state index in [1.54, 1.807) is 6.92 Å². The van der Waals surface area contributed by atoms with Gasteiger partial charge in [-0.15, -0.1) is 5.10 Å². The van der Waals surface area contributed by atoms with Gasteiger partial charge in [-0.2, -0.15) is 0 Å². The first-order valence-corrected chi connectivity index (χ1v) is 5.19. The minimum Gasteiger partial charge on any atom is -0.395 e. The molecule has 1 aromatic heterocycles. The SMILES string of the molecule is Cc1nc(Sc2cc(F)cc(F)c2N)n[nH]1. The Morgan fingerprint density at radius 3 is 2.75 bits per heavy atom. The summed E-state index contributed by atoms with van der Waals surface area (Å²) < 4.78 is 26.1. The van der Waals surface area contributed by atoms with Crippen LogP contribution in [-0.2, 0) is 0 Å². The highest BCUT2D eigenvalue weighted by molar-refractivity contribution is 7.99. The second-order valence-electron chi connectivity index (χ2n) is 3.10. The van der Waals surface area contributed by atoms with E-state index in [1.807, 2.05) is 0 Å². The predicted molar refractivity (Wildman–Crippen MR) is 56.0 cm³/mol. The molecule has 0 aliphatic heterocycles. The summed E-state index contributed by atoms with van der Waals surface area (Å²) in [6.45, 7) is 1.73. The molecule has 0 atom stereocenters. The molecule has 16 heavy (non-hydrogen) atoms. The Hall–Kier alpha value is -1.63. The Bertz CT molecular complexity index is 526. The maximum absolute atomic E-state index is 13.1. The second kappa shape index (κ2) is 4.09. The topological polar surface area (TPSA) is 67.6 Å². The number of nitrogens with two attached hydrogens (primary N) is 1. The molecule has 0 amide bonds. The van der Waals surface area contributed by atoms with Crippen LogP contribution in [0.2, 0.25) is 0 Å². The number of hydrogen-bond donors (Lipinski definition) is 2. The van der Waals surface area contributed by atoms with Gasteiger partial charge < -0.3 is 5.73 Å². The maximum atomic E-state index is 13.1. The molecular weight excluding hydrogens is 234 g/mol. The summed E-state index contributed by atoms with van der Waals surface area (Å²) in [5, 5.41) is 6.83. The van der Waals surface area contributed by atoms with E-state index >= 15 is 0 Å². The molecule has 0 aliphatic carbocycles. The summed E-state index contributed by atoms with van der Waals surface area (Å²) >= 11 is 1.00. The molecule has 3 N–H and O–H groups in total. The van der Waals surface area contributed by atoms with Gasteiger partial charge in [0.15, 0.2) is 0 Å². The molecule has 84 valence electrons. The van der Waals surface area contributed by atoms with Crippen LogP contribution in [0.1, 0.15) is 5.82 Å². The van der Waals surface area contributed by atoms with Crippen LogP contribution < -0.4 is 5.73 Å². The molecule has 4 nitrogen and oxygen atoms in total. The Balaban J connectivity index is 2.34. The molecule has 0 radical (unpaired) electrons. The lowest BCUT2D eigenvalue weighted by atomic mass is 10.3. The number of aromatic amines is 1. The summed E-state index contributed by atoms with van der Waals surface area (Å²) in [5.74, 6) is -0.839. The van der Waals surface area contributed by atoms with Crippen LogP contribution in [-0.4, -0.2) is 15.2 Å². The Morgan fingerprint density at radius 1 is 1.38 bits per heavy atom. The second-order valence-corrected chi connectivity index (χ2v) is 4.11. The van der Waals surface area contributed by atoms with Crippen LogP contribution in [0, 0.1) is 18.6 Å². The molecule has 0 unspecified atom stereocenters. The number of H-pyrrole nitrogens is 1. The lowest BCUT2D eigenvalue weighted by Crippen LogP contribution is -1.95. The van der Waals surface area contributed by atoms with Crippen LogP contribution in [0.25, 0.3) is 0 Å². The maximum Gasteiger partial charge on any atom is 0.213 e. The fourth-order valence-electron chi connectivity index (χ4n) is 1.11. The number of halogens is 2. The Morgan fingerprint density at radius 2 is 2.12 bits per heavy atom.